The Bertz CT molecular complexity index is 534. The molecule has 1 unspecified atom stereocenters. The maximum absolute atomic E-state index is 11.0. The van der Waals surface area contributed by atoms with E-state index >= 15 is 0 Å². The fraction of sp³-hybridized carbons (Fsp3) is 0.462. The predicted octanol–water partition coefficient (Wildman–Crippen LogP) is 1.48. The highest BCUT2D eigenvalue weighted by Gasteiger charge is 2.29. The van der Waals surface area contributed by atoms with Crippen LogP contribution in [0.25, 0.3) is 0 Å². The van der Waals surface area contributed by atoms with Gasteiger partial charge in [-0.2, -0.15) is 5.26 Å². The molecule has 0 amide bonds. The second-order valence-corrected chi connectivity index (χ2v) is 4.62. The third-order valence-corrected chi connectivity index (χ3v) is 3.30. The third-order valence-electron chi connectivity index (χ3n) is 3.30. The fourth-order valence-corrected chi connectivity index (χ4v) is 2.38. The van der Waals surface area contributed by atoms with Crippen molar-refractivity contribution in [2.75, 3.05) is 18.0 Å². The molecule has 2 rings (SSSR count). The molecule has 1 atom stereocenters. The number of nitriles is 1. The Morgan fingerprint density at radius 3 is 2.89 bits per heavy atom. The normalized spacial score (nSPS) is 18.7. The van der Waals surface area contributed by atoms with Crippen LogP contribution in [0.2, 0.25) is 0 Å². The molecule has 1 saturated heterocycles. The summed E-state index contributed by atoms with van der Waals surface area (Å²) >= 11 is 0. The van der Waals surface area contributed by atoms with E-state index in [2.05, 4.69) is 11.1 Å². The van der Waals surface area contributed by atoms with Crippen molar-refractivity contribution >= 4 is 11.7 Å². The highest BCUT2D eigenvalue weighted by molar-refractivity contribution is 5.73. The molecule has 0 radical (unpaired) electrons. The molecule has 0 saturated carbocycles. The number of anilines is 1. The number of hydrogen-bond acceptors (Lipinski definition) is 4. The summed E-state index contributed by atoms with van der Waals surface area (Å²) in [5.74, 6) is -1.11. The van der Waals surface area contributed by atoms with Crippen LogP contribution in [0.3, 0.4) is 0 Å². The molecule has 1 fully saturated rings. The third kappa shape index (κ3) is 2.14. The molecular formula is C13H15N3O2. The standard InChI is InChI=1S/C13H15N3O2/c1-8-5-12(11(6-14)9(2)15-8)16-4-3-10(7-16)13(17)18/h5,10H,3-4,7H2,1-2H3,(H,17,18). The number of aliphatic carboxylic acids is 1. The number of pyridine rings is 1. The average molecular weight is 245 g/mol. The number of carbonyl (C=O) groups is 1. The summed E-state index contributed by atoms with van der Waals surface area (Å²) < 4.78 is 0. The minimum absolute atomic E-state index is 0.342. The number of nitrogens with zero attached hydrogens (tertiary/aromatic N) is 3. The maximum atomic E-state index is 11.0. The first kappa shape index (κ1) is 12.4. The molecule has 0 aromatic carbocycles. The van der Waals surface area contributed by atoms with Crippen molar-refractivity contribution in [1.29, 1.82) is 5.26 Å². The second kappa shape index (κ2) is 4.65. The summed E-state index contributed by atoms with van der Waals surface area (Å²) in [6.07, 6.45) is 0.626. The first-order chi connectivity index (χ1) is 8.52. The monoisotopic (exact) mass is 245 g/mol. The summed E-state index contributed by atoms with van der Waals surface area (Å²) in [5, 5.41) is 18.2. The quantitative estimate of drug-likeness (QED) is 0.854. The number of aryl methyl sites for hydroxylation is 2. The largest absolute Gasteiger partial charge is 0.481 e. The first-order valence-electron chi connectivity index (χ1n) is 5.89. The van der Waals surface area contributed by atoms with Gasteiger partial charge in [-0.15, -0.1) is 0 Å². The lowest BCUT2D eigenvalue weighted by Crippen LogP contribution is -2.24. The Hall–Kier alpha value is -2.09. The summed E-state index contributed by atoms with van der Waals surface area (Å²) in [4.78, 5) is 17.2. The molecule has 5 heteroatoms. The van der Waals surface area contributed by atoms with Crippen molar-refractivity contribution in [2.24, 2.45) is 5.92 Å². The molecule has 1 aliphatic rings. The van der Waals surface area contributed by atoms with E-state index in [9.17, 15) is 10.1 Å². The van der Waals surface area contributed by atoms with Crippen LogP contribution in [0.4, 0.5) is 5.69 Å². The molecular weight excluding hydrogens is 230 g/mol. The maximum Gasteiger partial charge on any atom is 0.308 e. The number of hydrogen-bond donors (Lipinski definition) is 1. The zero-order chi connectivity index (χ0) is 13.3. The van der Waals surface area contributed by atoms with Crippen LogP contribution in [-0.4, -0.2) is 29.1 Å². The number of rotatable bonds is 2. The van der Waals surface area contributed by atoms with Crippen molar-refractivity contribution in [3.8, 4) is 6.07 Å². The van der Waals surface area contributed by atoms with Gasteiger partial charge >= 0.3 is 5.97 Å². The molecule has 18 heavy (non-hydrogen) atoms. The molecule has 0 spiro atoms. The van der Waals surface area contributed by atoms with Crippen molar-refractivity contribution in [3.63, 3.8) is 0 Å². The Morgan fingerprint density at radius 1 is 1.61 bits per heavy atom. The zero-order valence-corrected chi connectivity index (χ0v) is 10.5. The van der Waals surface area contributed by atoms with Crippen molar-refractivity contribution in [3.05, 3.63) is 23.0 Å². The summed E-state index contributed by atoms with van der Waals surface area (Å²) in [6, 6.07) is 4.02. The van der Waals surface area contributed by atoms with Crippen molar-refractivity contribution in [1.82, 2.24) is 4.98 Å². The van der Waals surface area contributed by atoms with Crippen LogP contribution >= 0.6 is 0 Å². The fourth-order valence-electron chi connectivity index (χ4n) is 2.38. The van der Waals surface area contributed by atoms with Crippen LogP contribution in [0.15, 0.2) is 6.07 Å². The van der Waals surface area contributed by atoms with Gasteiger partial charge in [0.15, 0.2) is 0 Å². The van der Waals surface area contributed by atoms with E-state index in [-0.39, 0.29) is 5.92 Å². The van der Waals surface area contributed by atoms with E-state index in [4.69, 9.17) is 5.11 Å². The summed E-state index contributed by atoms with van der Waals surface area (Å²) in [6.45, 7) is 4.82. The van der Waals surface area contributed by atoms with Gasteiger partial charge in [-0.25, -0.2) is 0 Å². The lowest BCUT2D eigenvalue weighted by Gasteiger charge is -2.20. The van der Waals surface area contributed by atoms with Crippen LogP contribution < -0.4 is 4.90 Å². The number of carboxylic acid groups (broad SMARTS) is 1. The van der Waals surface area contributed by atoms with Gasteiger partial charge in [-0.05, 0) is 26.3 Å². The van der Waals surface area contributed by atoms with Gasteiger partial charge in [0.1, 0.15) is 6.07 Å². The minimum atomic E-state index is -0.765. The van der Waals surface area contributed by atoms with E-state index in [1.165, 1.54) is 0 Å². The molecule has 0 aliphatic carbocycles. The molecule has 1 aromatic heterocycles. The Balaban J connectivity index is 2.35. The van der Waals surface area contributed by atoms with Crippen LogP contribution in [0.1, 0.15) is 23.4 Å². The minimum Gasteiger partial charge on any atom is -0.481 e. The van der Waals surface area contributed by atoms with Crippen molar-refractivity contribution < 1.29 is 9.90 Å². The lowest BCUT2D eigenvalue weighted by molar-refractivity contribution is -0.140. The van der Waals surface area contributed by atoms with E-state index < -0.39 is 5.97 Å². The second-order valence-electron chi connectivity index (χ2n) is 4.62. The molecule has 1 aromatic rings. The Morgan fingerprint density at radius 2 is 2.33 bits per heavy atom. The van der Waals surface area contributed by atoms with Crippen LogP contribution in [0.5, 0.6) is 0 Å². The first-order valence-corrected chi connectivity index (χ1v) is 5.89. The molecule has 2 heterocycles. The van der Waals surface area contributed by atoms with E-state index in [1.807, 2.05) is 17.9 Å². The zero-order valence-electron chi connectivity index (χ0n) is 10.5. The van der Waals surface area contributed by atoms with Crippen LogP contribution in [-0.2, 0) is 4.79 Å². The topological polar surface area (TPSA) is 77.2 Å². The lowest BCUT2D eigenvalue weighted by atomic mass is 10.1. The number of aromatic nitrogens is 1. The van der Waals surface area contributed by atoms with Crippen molar-refractivity contribution in [2.45, 2.75) is 20.3 Å². The van der Waals surface area contributed by atoms with E-state index in [1.54, 1.807) is 6.92 Å². The summed E-state index contributed by atoms with van der Waals surface area (Å²) in [5.41, 5.74) is 2.91. The smallest absolute Gasteiger partial charge is 0.308 e. The molecule has 94 valence electrons. The highest BCUT2D eigenvalue weighted by atomic mass is 16.4. The molecule has 5 nitrogen and oxygen atoms in total. The van der Waals surface area contributed by atoms with E-state index in [0.717, 1.165) is 11.4 Å². The number of carboxylic acids is 1. The summed E-state index contributed by atoms with van der Waals surface area (Å²) in [7, 11) is 0. The molecule has 1 aliphatic heterocycles. The van der Waals surface area contributed by atoms with E-state index in [0.29, 0.717) is 30.8 Å². The Labute approximate surface area is 106 Å². The van der Waals surface area contributed by atoms with Gasteiger partial charge in [0, 0.05) is 18.8 Å². The van der Waals surface area contributed by atoms with Gasteiger partial charge in [-0.1, -0.05) is 0 Å². The Kier molecular flexibility index (Phi) is 3.19. The molecule has 0 bridgehead atoms. The van der Waals surface area contributed by atoms with Gasteiger partial charge < -0.3 is 10.0 Å². The highest BCUT2D eigenvalue weighted by Crippen LogP contribution is 2.28. The van der Waals surface area contributed by atoms with Gasteiger partial charge in [0.25, 0.3) is 0 Å². The van der Waals surface area contributed by atoms with Gasteiger partial charge in [-0.3, -0.25) is 9.78 Å². The molecule has 1 N–H and O–H groups in total. The SMILES string of the molecule is Cc1cc(N2CCC(C(=O)O)C2)c(C#N)c(C)n1. The van der Waals surface area contributed by atoms with Crippen LogP contribution in [0, 0.1) is 31.1 Å². The van der Waals surface area contributed by atoms with Gasteiger partial charge in [0.05, 0.1) is 22.9 Å². The average Bonchev–Trinajstić information content (AvgIpc) is 2.77. The van der Waals surface area contributed by atoms with Gasteiger partial charge in [0.2, 0.25) is 0 Å². The predicted molar refractivity (Wildman–Crippen MR) is 66.4 cm³/mol.